The quantitative estimate of drug-likeness (QED) is 0.937. The van der Waals surface area contributed by atoms with Crippen LogP contribution in [0.3, 0.4) is 0 Å². The summed E-state index contributed by atoms with van der Waals surface area (Å²) in [5.41, 5.74) is 4.92. The van der Waals surface area contributed by atoms with Crippen molar-refractivity contribution in [2.75, 3.05) is 20.1 Å². The van der Waals surface area contributed by atoms with Gasteiger partial charge in [-0.3, -0.25) is 4.90 Å². The molecule has 24 heavy (non-hydrogen) atoms. The normalized spacial score (nSPS) is 21.2. The van der Waals surface area contributed by atoms with Gasteiger partial charge in [0.1, 0.15) is 5.82 Å². The number of benzene rings is 1. The van der Waals surface area contributed by atoms with Gasteiger partial charge in [0.25, 0.3) is 0 Å². The molecule has 0 radical (unpaired) electrons. The van der Waals surface area contributed by atoms with Crippen LogP contribution in [0.4, 0.5) is 4.39 Å². The van der Waals surface area contributed by atoms with Crippen molar-refractivity contribution in [3.05, 3.63) is 47.0 Å². The number of nitrogens with one attached hydrogen (secondary N) is 1. The molecule has 0 bridgehead atoms. The largest absolute Gasteiger partial charge is 0.316 e. The van der Waals surface area contributed by atoms with Crippen LogP contribution < -0.4 is 5.32 Å². The van der Waals surface area contributed by atoms with Gasteiger partial charge in [0.15, 0.2) is 0 Å². The van der Waals surface area contributed by atoms with E-state index in [4.69, 9.17) is 5.10 Å². The van der Waals surface area contributed by atoms with Crippen LogP contribution in [0, 0.1) is 5.82 Å². The average molecular weight is 328 g/mol. The second-order valence-corrected chi connectivity index (χ2v) is 6.98. The molecule has 5 heteroatoms. The lowest BCUT2D eigenvalue weighted by atomic mass is 10.1. The Morgan fingerprint density at radius 3 is 2.83 bits per heavy atom. The van der Waals surface area contributed by atoms with Gasteiger partial charge in [0.05, 0.1) is 11.4 Å². The van der Waals surface area contributed by atoms with Crippen LogP contribution in [-0.2, 0) is 19.4 Å². The maximum atomic E-state index is 13.2. The van der Waals surface area contributed by atoms with E-state index in [1.807, 2.05) is 16.8 Å². The molecule has 4 nitrogen and oxygen atoms in total. The van der Waals surface area contributed by atoms with Crippen molar-refractivity contribution in [1.82, 2.24) is 20.0 Å². The summed E-state index contributed by atoms with van der Waals surface area (Å²) in [5, 5.41) is 8.31. The monoisotopic (exact) mass is 328 g/mol. The third-order valence-corrected chi connectivity index (χ3v) is 5.37. The zero-order chi connectivity index (χ0) is 16.5. The lowest BCUT2D eigenvalue weighted by molar-refractivity contribution is 0.185. The highest BCUT2D eigenvalue weighted by molar-refractivity contribution is 5.40. The van der Waals surface area contributed by atoms with Gasteiger partial charge in [-0.2, -0.15) is 5.10 Å². The van der Waals surface area contributed by atoms with Gasteiger partial charge in [-0.05, 0) is 75.5 Å². The van der Waals surface area contributed by atoms with Crippen LogP contribution in [-0.4, -0.2) is 40.9 Å². The van der Waals surface area contributed by atoms with E-state index in [1.165, 1.54) is 48.3 Å². The predicted molar refractivity (Wildman–Crippen MR) is 92.9 cm³/mol. The molecule has 128 valence electrons. The van der Waals surface area contributed by atoms with Crippen LogP contribution in [0.15, 0.2) is 24.3 Å². The zero-order valence-corrected chi connectivity index (χ0v) is 14.3. The number of rotatable bonds is 4. The lowest BCUT2D eigenvalue weighted by Crippen LogP contribution is -2.44. The van der Waals surface area contributed by atoms with E-state index >= 15 is 0 Å². The van der Waals surface area contributed by atoms with Gasteiger partial charge >= 0.3 is 0 Å². The van der Waals surface area contributed by atoms with Crippen molar-refractivity contribution >= 4 is 0 Å². The van der Waals surface area contributed by atoms with E-state index in [2.05, 4.69) is 17.3 Å². The Balaban J connectivity index is 1.60. The minimum absolute atomic E-state index is 0.200. The molecule has 0 spiro atoms. The van der Waals surface area contributed by atoms with Crippen LogP contribution in [0.5, 0.6) is 0 Å². The van der Waals surface area contributed by atoms with Gasteiger partial charge in [0, 0.05) is 24.8 Å². The van der Waals surface area contributed by atoms with Gasteiger partial charge < -0.3 is 5.32 Å². The molecular weight excluding hydrogens is 303 g/mol. The molecule has 1 aliphatic carbocycles. The number of halogens is 1. The van der Waals surface area contributed by atoms with Crippen LogP contribution in [0.2, 0.25) is 0 Å². The van der Waals surface area contributed by atoms with E-state index in [1.54, 1.807) is 0 Å². The third kappa shape index (κ3) is 2.98. The summed E-state index contributed by atoms with van der Waals surface area (Å²) in [4.78, 5) is 2.51. The number of piperidine rings is 1. The SMILES string of the molecule is CNC1CCCN(Cc2nn(-c3ccc(F)cc3)c3c2CCC3)C1. The number of likely N-dealkylation sites (tertiary alicyclic amines) is 1. The predicted octanol–water partition coefficient (Wildman–Crippen LogP) is 2.68. The first-order chi connectivity index (χ1) is 11.7. The summed E-state index contributed by atoms with van der Waals surface area (Å²) < 4.78 is 15.3. The smallest absolute Gasteiger partial charge is 0.123 e. The van der Waals surface area contributed by atoms with Crippen molar-refractivity contribution < 1.29 is 4.39 Å². The molecule has 0 amide bonds. The summed E-state index contributed by atoms with van der Waals surface area (Å²) in [5.74, 6) is -0.200. The van der Waals surface area contributed by atoms with E-state index in [9.17, 15) is 4.39 Å². The summed E-state index contributed by atoms with van der Waals surface area (Å²) in [6.07, 6.45) is 5.88. The second-order valence-electron chi connectivity index (χ2n) is 6.98. The van der Waals surface area contributed by atoms with E-state index in [-0.39, 0.29) is 5.82 Å². The zero-order valence-electron chi connectivity index (χ0n) is 14.3. The standard InChI is InChI=1S/C19H25FN4/c1-21-15-4-3-11-23(12-15)13-18-17-5-2-6-19(17)24(22-18)16-9-7-14(20)8-10-16/h7-10,15,21H,2-6,11-13H2,1H3. The van der Waals surface area contributed by atoms with Gasteiger partial charge in [-0.25, -0.2) is 9.07 Å². The van der Waals surface area contributed by atoms with Crippen molar-refractivity contribution in [3.8, 4) is 5.69 Å². The molecule has 1 aromatic carbocycles. The highest BCUT2D eigenvalue weighted by Gasteiger charge is 2.26. The topological polar surface area (TPSA) is 33.1 Å². The number of aromatic nitrogens is 2. The molecule has 1 aromatic heterocycles. The number of fused-ring (bicyclic) bond motifs is 1. The lowest BCUT2D eigenvalue weighted by Gasteiger charge is -2.32. The maximum Gasteiger partial charge on any atom is 0.123 e. The number of hydrogen-bond donors (Lipinski definition) is 1. The van der Waals surface area contributed by atoms with Gasteiger partial charge in [-0.15, -0.1) is 0 Å². The molecule has 1 unspecified atom stereocenters. The van der Waals surface area contributed by atoms with Gasteiger partial charge in [-0.1, -0.05) is 0 Å². The van der Waals surface area contributed by atoms with E-state index in [0.29, 0.717) is 6.04 Å². The third-order valence-electron chi connectivity index (χ3n) is 5.37. The first kappa shape index (κ1) is 15.8. The summed E-state index contributed by atoms with van der Waals surface area (Å²) in [6, 6.07) is 7.26. The maximum absolute atomic E-state index is 13.2. The van der Waals surface area contributed by atoms with Crippen LogP contribution >= 0.6 is 0 Å². The Morgan fingerprint density at radius 1 is 1.21 bits per heavy atom. The van der Waals surface area contributed by atoms with Crippen molar-refractivity contribution in [3.63, 3.8) is 0 Å². The highest BCUT2D eigenvalue weighted by Crippen LogP contribution is 2.29. The summed E-state index contributed by atoms with van der Waals surface area (Å²) >= 11 is 0. The van der Waals surface area contributed by atoms with Crippen molar-refractivity contribution in [2.45, 2.75) is 44.7 Å². The Hall–Kier alpha value is -1.72. The molecule has 0 saturated carbocycles. The molecule has 2 heterocycles. The fraction of sp³-hybridized carbons (Fsp3) is 0.526. The fourth-order valence-corrected chi connectivity index (χ4v) is 4.08. The fourth-order valence-electron chi connectivity index (χ4n) is 4.08. The van der Waals surface area contributed by atoms with Crippen molar-refractivity contribution in [1.29, 1.82) is 0 Å². The van der Waals surface area contributed by atoms with E-state index < -0.39 is 0 Å². The van der Waals surface area contributed by atoms with Gasteiger partial charge in [0.2, 0.25) is 0 Å². The summed E-state index contributed by atoms with van der Waals surface area (Å²) in [7, 11) is 2.05. The van der Waals surface area contributed by atoms with Crippen LogP contribution in [0.25, 0.3) is 5.69 Å². The number of likely N-dealkylation sites (N-methyl/N-ethyl adjacent to an activating group) is 1. The average Bonchev–Trinajstić information content (AvgIpc) is 3.20. The van der Waals surface area contributed by atoms with Crippen molar-refractivity contribution in [2.24, 2.45) is 0 Å². The highest BCUT2D eigenvalue weighted by atomic mass is 19.1. The Labute approximate surface area is 142 Å². The minimum Gasteiger partial charge on any atom is -0.316 e. The Bertz CT molecular complexity index is 707. The number of nitrogens with zero attached hydrogens (tertiary/aromatic N) is 3. The second kappa shape index (κ2) is 6.65. The minimum atomic E-state index is -0.200. The van der Waals surface area contributed by atoms with E-state index in [0.717, 1.165) is 38.2 Å². The molecule has 1 atom stereocenters. The molecule has 1 saturated heterocycles. The molecule has 1 fully saturated rings. The summed E-state index contributed by atoms with van der Waals surface area (Å²) in [6.45, 7) is 3.17. The molecular formula is C19H25FN4. The first-order valence-corrected chi connectivity index (χ1v) is 9.00. The molecule has 1 N–H and O–H groups in total. The molecule has 1 aliphatic heterocycles. The Kier molecular flexibility index (Phi) is 4.37. The Morgan fingerprint density at radius 2 is 2.04 bits per heavy atom. The van der Waals surface area contributed by atoms with Crippen LogP contribution in [0.1, 0.15) is 36.2 Å². The molecule has 2 aliphatic rings. The number of hydrogen-bond acceptors (Lipinski definition) is 3. The molecule has 2 aromatic rings. The molecule has 4 rings (SSSR count). The first-order valence-electron chi connectivity index (χ1n) is 9.00.